The molecule has 170 valence electrons. The molecule has 0 aromatic rings. The summed E-state index contributed by atoms with van der Waals surface area (Å²) in [4.78, 5) is 0. The number of rotatable bonds is 15. The second-order valence-electron chi connectivity index (χ2n) is 7.36. The molecule has 0 aliphatic rings. The Kier molecular flexibility index (Phi) is 11.9. The van der Waals surface area contributed by atoms with Crippen LogP contribution in [0.4, 0.5) is 39.5 Å². The minimum Gasteiger partial charge on any atom is -0.227 e. The summed E-state index contributed by atoms with van der Waals surface area (Å²) in [5.74, 6) is -6.48. The highest BCUT2D eigenvalue weighted by atomic mass is 19.4. The maximum absolute atomic E-state index is 13.8. The molecule has 28 heavy (non-hydrogen) atoms. The summed E-state index contributed by atoms with van der Waals surface area (Å²) in [6, 6.07) is 0. The third-order valence-corrected chi connectivity index (χ3v) is 4.93. The van der Waals surface area contributed by atoms with Crippen LogP contribution in [0.15, 0.2) is 0 Å². The van der Waals surface area contributed by atoms with Crippen molar-refractivity contribution in [2.24, 2.45) is 0 Å². The van der Waals surface area contributed by atoms with E-state index in [0.29, 0.717) is 12.8 Å². The molecule has 0 heterocycles. The number of hydrogen-bond donors (Lipinski definition) is 0. The third-order valence-electron chi connectivity index (χ3n) is 4.93. The lowest BCUT2D eigenvalue weighted by molar-refractivity contribution is -0.384. The highest BCUT2D eigenvalue weighted by molar-refractivity contribution is 5.03. The summed E-state index contributed by atoms with van der Waals surface area (Å²) in [5.41, 5.74) is -5.60. The normalized spacial score (nSPS) is 15.6. The minimum atomic E-state index is -6.60. The van der Waals surface area contributed by atoms with E-state index < -0.39 is 36.8 Å². The van der Waals surface area contributed by atoms with Crippen molar-refractivity contribution < 1.29 is 39.5 Å². The first-order chi connectivity index (χ1) is 12.8. The van der Waals surface area contributed by atoms with Crippen LogP contribution in [0.2, 0.25) is 0 Å². The van der Waals surface area contributed by atoms with Gasteiger partial charge >= 0.3 is 18.3 Å². The lowest BCUT2D eigenvalue weighted by Gasteiger charge is -2.35. The van der Waals surface area contributed by atoms with Crippen molar-refractivity contribution in [3.63, 3.8) is 0 Å². The van der Waals surface area contributed by atoms with Gasteiger partial charge in [-0.25, -0.2) is 4.39 Å². The molecular weight excluding hydrogens is 399 g/mol. The first-order valence-corrected chi connectivity index (χ1v) is 10.0. The molecule has 0 aliphatic heterocycles. The van der Waals surface area contributed by atoms with Gasteiger partial charge in [0.05, 0.1) is 0 Å². The van der Waals surface area contributed by atoms with Gasteiger partial charge in [-0.2, -0.15) is 35.1 Å². The minimum absolute atomic E-state index is 0.0211. The zero-order chi connectivity index (χ0) is 21.9. The molecule has 0 nitrogen and oxygen atoms in total. The van der Waals surface area contributed by atoms with E-state index in [9.17, 15) is 39.5 Å². The van der Waals surface area contributed by atoms with Crippen molar-refractivity contribution in [3.8, 4) is 0 Å². The third kappa shape index (κ3) is 8.39. The van der Waals surface area contributed by atoms with Gasteiger partial charge in [-0.3, -0.25) is 0 Å². The Hall–Kier alpha value is -0.630. The summed E-state index contributed by atoms with van der Waals surface area (Å²) < 4.78 is 115. The zero-order valence-corrected chi connectivity index (χ0v) is 16.3. The maximum Gasteiger partial charge on any atom is 0.457 e. The van der Waals surface area contributed by atoms with Crippen molar-refractivity contribution in [3.05, 3.63) is 0 Å². The average molecular weight is 430 g/mol. The second kappa shape index (κ2) is 12.2. The molecular formula is C19H31F9. The number of hydrogen-bond acceptors (Lipinski definition) is 0. The summed E-state index contributed by atoms with van der Waals surface area (Å²) in [6.07, 6.45) is -4.63. The van der Waals surface area contributed by atoms with E-state index in [-0.39, 0.29) is 6.42 Å². The fraction of sp³-hybridized carbons (Fsp3) is 1.00. The van der Waals surface area contributed by atoms with E-state index in [4.69, 9.17) is 0 Å². The van der Waals surface area contributed by atoms with E-state index in [2.05, 4.69) is 6.92 Å². The predicted molar refractivity (Wildman–Crippen MR) is 91.2 cm³/mol. The molecule has 0 fully saturated rings. The molecule has 0 aromatic heterocycles. The van der Waals surface area contributed by atoms with Gasteiger partial charge in [0.1, 0.15) is 0 Å². The molecule has 1 atom stereocenters. The van der Waals surface area contributed by atoms with E-state index in [1.54, 1.807) is 0 Å². The number of unbranched alkanes of at least 4 members (excludes halogenated alkanes) is 12. The summed E-state index contributed by atoms with van der Waals surface area (Å²) in [7, 11) is 0. The van der Waals surface area contributed by atoms with E-state index in [1.807, 2.05) is 0 Å². The smallest absolute Gasteiger partial charge is 0.227 e. The van der Waals surface area contributed by atoms with Crippen molar-refractivity contribution in [2.75, 3.05) is 0 Å². The van der Waals surface area contributed by atoms with Crippen LogP contribution < -0.4 is 0 Å². The maximum atomic E-state index is 13.8. The molecule has 0 saturated heterocycles. The number of alkyl halides is 9. The highest BCUT2D eigenvalue weighted by Crippen LogP contribution is 2.54. The second-order valence-corrected chi connectivity index (χ2v) is 7.36. The Labute approximate surface area is 161 Å². The van der Waals surface area contributed by atoms with Crippen LogP contribution in [0.3, 0.4) is 0 Å². The molecule has 0 rings (SSSR count). The van der Waals surface area contributed by atoms with Gasteiger partial charge in [0.2, 0.25) is 0 Å². The zero-order valence-electron chi connectivity index (χ0n) is 16.3. The Morgan fingerprint density at radius 3 is 1.04 bits per heavy atom. The molecule has 0 radical (unpaired) electrons. The quantitative estimate of drug-likeness (QED) is 0.180. The molecule has 0 aromatic carbocycles. The van der Waals surface area contributed by atoms with Gasteiger partial charge in [-0.05, 0) is 12.8 Å². The van der Waals surface area contributed by atoms with Crippen LogP contribution in [0.5, 0.6) is 0 Å². The van der Waals surface area contributed by atoms with Gasteiger partial charge in [0.25, 0.3) is 5.67 Å². The van der Waals surface area contributed by atoms with Gasteiger partial charge < -0.3 is 0 Å². The average Bonchev–Trinajstić information content (AvgIpc) is 2.56. The standard InChI is InChI=1S/C19H31F9/c1-2-3-4-5-6-7-8-9-10-11-12-13-14-15-16(20,18(23,24)25)17(21,22)19(26,27)28/h2-15H2,1H3. The van der Waals surface area contributed by atoms with Crippen LogP contribution in [-0.4, -0.2) is 23.9 Å². The summed E-state index contributed by atoms with van der Waals surface area (Å²) >= 11 is 0. The van der Waals surface area contributed by atoms with Gasteiger partial charge in [0, 0.05) is 0 Å². The van der Waals surface area contributed by atoms with Crippen LogP contribution in [0.25, 0.3) is 0 Å². The van der Waals surface area contributed by atoms with E-state index in [1.165, 1.54) is 25.7 Å². The Morgan fingerprint density at radius 1 is 0.429 bits per heavy atom. The Balaban J connectivity index is 4.09. The SMILES string of the molecule is CCCCCCCCCCCCCCCC(F)(C(F)(F)F)C(F)(F)C(F)(F)F. The van der Waals surface area contributed by atoms with Crippen molar-refractivity contribution >= 4 is 0 Å². The molecule has 9 heteroatoms. The summed E-state index contributed by atoms with van der Waals surface area (Å²) in [5, 5.41) is 0. The molecule has 0 N–H and O–H groups in total. The van der Waals surface area contributed by atoms with Crippen LogP contribution in [-0.2, 0) is 0 Å². The lowest BCUT2D eigenvalue weighted by Crippen LogP contribution is -2.62. The van der Waals surface area contributed by atoms with E-state index >= 15 is 0 Å². The van der Waals surface area contributed by atoms with Gasteiger partial charge in [0.15, 0.2) is 0 Å². The fourth-order valence-corrected chi connectivity index (χ4v) is 3.09. The molecule has 0 spiro atoms. The molecule has 0 aliphatic carbocycles. The molecule has 0 bridgehead atoms. The monoisotopic (exact) mass is 430 g/mol. The Morgan fingerprint density at radius 2 is 0.750 bits per heavy atom. The predicted octanol–water partition coefficient (Wildman–Crippen LogP) is 8.94. The van der Waals surface area contributed by atoms with Crippen molar-refractivity contribution in [1.82, 2.24) is 0 Å². The first kappa shape index (κ1) is 27.4. The molecule has 1 unspecified atom stereocenters. The Bertz CT molecular complexity index is 401. The lowest BCUT2D eigenvalue weighted by atomic mass is 9.89. The van der Waals surface area contributed by atoms with E-state index in [0.717, 1.165) is 32.1 Å². The topological polar surface area (TPSA) is 0 Å². The van der Waals surface area contributed by atoms with Crippen molar-refractivity contribution in [1.29, 1.82) is 0 Å². The van der Waals surface area contributed by atoms with Crippen LogP contribution >= 0.6 is 0 Å². The van der Waals surface area contributed by atoms with Crippen molar-refractivity contribution in [2.45, 2.75) is 121 Å². The fourth-order valence-electron chi connectivity index (χ4n) is 3.09. The number of halogens is 9. The highest BCUT2D eigenvalue weighted by Gasteiger charge is 2.80. The van der Waals surface area contributed by atoms with Crippen LogP contribution in [0, 0.1) is 0 Å². The van der Waals surface area contributed by atoms with Crippen LogP contribution in [0.1, 0.15) is 96.8 Å². The van der Waals surface area contributed by atoms with Gasteiger partial charge in [-0.15, -0.1) is 0 Å². The molecule has 0 amide bonds. The molecule has 0 saturated carbocycles. The first-order valence-electron chi connectivity index (χ1n) is 10.0. The largest absolute Gasteiger partial charge is 0.457 e. The van der Waals surface area contributed by atoms with Gasteiger partial charge in [-0.1, -0.05) is 84.0 Å². The summed E-state index contributed by atoms with van der Waals surface area (Å²) in [6.45, 7) is 2.14.